The average molecular weight is 187 g/mol. The zero-order chi connectivity index (χ0) is 8.27. The lowest BCUT2D eigenvalue weighted by Crippen LogP contribution is -1.94. The van der Waals surface area contributed by atoms with Gasteiger partial charge >= 0.3 is 0 Å². The highest BCUT2D eigenvalue weighted by Gasteiger charge is 2.04. The monoisotopic (exact) mass is 186 g/mol. The van der Waals surface area contributed by atoms with Crippen molar-refractivity contribution >= 4 is 23.4 Å². The minimum Gasteiger partial charge on any atom is -0.206 e. The minimum atomic E-state index is 0.0597. The van der Waals surface area contributed by atoms with E-state index in [9.17, 15) is 0 Å². The van der Waals surface area contributed by atoms with Gasteiger partial charge < -0.3 is 0 Å². The van der Waals surface area contributed by atoms with Crippen LogP contribution in [0.5, 0.6) is 0 Å². The van der Waals surface area contributed by atoms with Crippen molar-refractivity contribution in [1.82, 2.24) is 15.2 Å². The predicted octanol–water partition coefficient (Wildman–Crippen LogP) is 1.12. The van der Waals surface area contributed by atoms with Crippen molar-refractivity contribution in [1.29, 1.82) is 5.26 Å². The first-order valence-corrected chi connectivity index (χ1v) is 4.22. The van der Waals surface area contributed by atoms with Crippen molar-refractivity contribution in [2.75, 3.05) is 6.26 Å². The van der Waals surface area contributed by atoms with E-state index in [0.29, 0.717) is 5.16 Å². The molecule has 0 saturated carbocycles. The third-order valence-corrected chi connectivity index (χ3v) is 1.71. The standard InChI is InChI=1S/C5H3ClN4S/c1-11-5-8-4(6)3(2-7)9-10-5/h1H3. The van der Waals surface area contributed by atoms with Gasteiger partial charge in [0.2, 0.25) is 5.16 Å². The molecule has 6 heteroatoms. The molecule has 0 unspecified atom stereocenters. The molecule has 1 aromatic rings. The van der Waals surface area contributed by atoms with E-state index in [1.165, 1.54) is 11.8 Å². The molecule has 0 aliphatic rings. The van der Waals surface area contributed by atoms with Gasteiger partial charge in [-0.05, 0) is 6.26 Å². The van der Waals surface area contributed by atoms with E-state index in [2.05, 4.69) is 15.2 Å². The molecule has 1 heterocycles. The third-order valence-electron chi connectivity index (χ3n) is 0.913. The molecule has 0 saturated heterocycles. The molecule has 1 aromatic heterocycles. The number of hydrogen-bond donors (Lipinski definition) is 0. The normalized spacial score (nSPS) is 9.18. The quantitative estimate of drug-likeness (QED) is 0.615. The molecule has 0 bridgehead atoms. The van der Waals surface area contributed by atoms with Crippen LogP contribution in [0.2, 0.25) is 5.15 Å². The summed E-state index contributed by atoms with van der Waals surface area (Å²) in [5.41, 5.74) is 0.0597. The maximum absolute atomic E-state index is 8.40. The number of nitrogens with zero attached hydrogens (tertiary/aromatic N) is 4. The van der Waals surface area contributed by atoms with Gasteiger partial charge in [0.05, 0.1) is 0 Å². The van der Waals surface area contributed by atoms with Crippen LogP contribution in [0, 0.1) is 11.3 Å². The molecule has 0 atom stereocenters. The lowest BCUT2D eigenvalue weighted by atomic mass is 10.5. The second kappa shape index (κ2) is 3.51. The van der Waals surface area contributed by atoms with E-state index in [1.54, 1.807) is 12.3 Å². The van der Waals surface area contributed by atoms with Crippen LogP contribution in [0.25, 0.3) is 0 Å². The Morgan fingerprint density at radius 2 is 2.27 bits per heavy atom. The molecule has 56 valence electrons. The maximum Gasteiger partial charge on any atom is 0.210 e. The maximum atomic E-state index is 8.40. The summed E-state index contributed by atoms with van der Waals surface area (Å²) < 4.78 is 0. The van der Waals surface area contributed by atoms with E-state index in [4.69, 9.17) is 16.9 Å². The Balaban J connectivity index is 3.12. The summed E-state index contributed by atoms with van der Waals surface area (Å²) in [4.78, 5) is 3.79. The Morgan fingerprint density at radius 3 is 2.73 bits per heavy atom. The highest BCUT2D eigenvalue weighted by molar-refractivity contribution is 7.98. The van der Waals surface area contributed by atoms with Crippen LogP contribution < -0.4 is 0 Å². The van der Waals surface area contributed by atoms with Crippen molar-refractivity contribution < 1.29 is 0 Å². The summed E-state index contributed by atoms with van der Waals surface area (Å²) in [7, 11) is 0. The van der Waals surface area contributed by atoms with E-state index in [-0.39, 0.29) is 10.8 Å². The van der Waals surface area contributed by atoms with E-state index in [1.807, 2.05) is 0 Å². The second-order valence-electron chi connectivity index (χ2n) is 1.55. The number of halogens is 1. The van der Waals surface area contributed by atoms with Gasteiger partial charge in [-0.3, -0.25) is 0 Å². The number of rotatable bonds is 1. The van der Waals surface area contributed by atoms with E-state index in [0.717, 1.165) is 0 Å². The Kier molecular flexibility index (Phi) is 2.63. The first-order valence-electron chi connectivity index (χ1n) is 2.62. The Bertz CT molecular complexity index is 308. The molecule has 0 N–H and O–H groups in total. The van der Waals surface area contributed by atoms with Gasteiger partial charge in [0, 0.05) is 0 Å². The zero-order valence-corrected chi connectivity index (χ0v) is 7.15. The van der Waals surface area contributed by atoms with Crippen LogP contribution in [0.1, 0.15) is 5.69 Å². The van der Waals surface area contributed by atoms with Gasteiger partial charge in [-0.25, -0.2) is 4.98 Å². The molecule has 1 rings (SSSR count). The second-order valence-corrected chi connectivity index (χ2v) is 2.68. The van der Waals surface area contributed by atoms with E-state index >= 15 is 0 Å². The lowest BCUT2D eigenvalue weighted by Gasteiger charge is -1.93. The fraction of sp³-hybridized carbons (Fsp3) is 0.200. The van der Waals surface area contributed by atoms with Gasteiger partial charge in [-0.1, -0.05) is 23.4 Å². The molecule has 0 fully saturated rings. The van der Waals surface area contributed by atoms with E-state index < -0.39 is 0 Å². The minimum absolute atomic E-state index is 0.0597. The first-order chi connectivity index (χ1) is 5.27. The smallest absolute Gasteiger partial charge is 0.206 e. The van der Waals surface area contributed by atoms with Crippen molar-refractivity contribution in [2.45, 2.75) is 5.16 Å². The van der Waals surface area contributed by atoms with Gasteiger partial charge in [-0.2, -0.15) is 5.26 Å². The van der Waals surface area contributed by atoms with Crippen LogP contribution in [-0.2, 0) is 0 Å². The molecule has 0 aliphatic carbocycles. The molecule has 11 heavy (non-hydrogen) atoms. The van der Waals surface area contributed by atoms with Gasteiger partial charge in [-0.15, -0.1) is 10.2 Å². The number of aromatic nitrogens is 3. The van der Waals surface area contributed by atoms with Crippen LogP contribution in [0.15, 0.2) is 5.16 Å². The average Bonchev–Trinajstić information content (AvgIpc) is 2.04. The first kappa shape index (κ1) is 8.24. The third kappa shape index (κ3) is 1.79. The molecule has 0 aromatic carbocycles. The van der Waals surface area contributed by atoms with Crippen LogP contribution >= 0.6 is 23.4 Å². The van der Waals surface area contributed by atoms with Crippen LogP contribution in [0.4, 0.5) is 0 Å². The molecule has 4 nitrogen and oxygen atoms in total. The summed E-state index contributed by atoms with van der Waals surface area (Å²) in [5.74, 6) is 0. The highest BCUT2D eigenvalue weighted by Crippen LogP contribution is 2.12. The number of thioether (sulfide) groups is 1. The molecule has 0 spiro atoms. The number of hydrogen-bond acceptors (Lipinski definition) is 5. The Labute approximate surface area is 72.6 Å². The van der Waals surface area contributed by atoms with Crippen molar-refractivity contribution in [3.05, 3.63) is 10.8 Å². The van der Waals surface area contributed by atoms with Gasteiger partial charge in [0.15, 0.2) is 10.8 Å². The fourth-order valence-corrected chi connectivity index (χ4v) is 0.964. The zero-order valence-electron chi connectivity index (χ0n) is 5.58. The fourth-order valence-electron chi connectivity index (χ4n) is 0.448. The predicted molar refractivity (Wildman–Crippen MR) is 41.3 cm³/mol. The van der Waals surface area contributed by atoms with Crippen LogP contribution in [0.3, 0.4) is 0 Å². The summed E-state index contributed by atoms with van der Waals surface area (Å²) in [6.07, 6.45) is 1.80. The van der Waals surface area contributed by atoms with Crippen molar-refractivity contribution in [2.24, 2.45) is 0 Å². The summed E-state index contributed by atoms with van der Waals surface area (Å²) >= 11 is 6.88. The summed E-state index contributed by atoms with van der Waals surface area (Å²) in [6, 6.07) is 1.77. The number of nitriles is 1. The Morgan fingerprint density at radius 1 is 1.55 bits per heavy atom. The molecular formula is C5H3ClN4S. The molecule has 0 amide bonds. The van der Waals surface area contributed by atoms with Crippen molar-refractivity contribution in [3.8, 4) is 6.07 Å². The highest BCUT2D eigenvalue weighted by atomic mass is 35.5. The van der Waals surface area contributed by atoms with Gasteiger partial charge in [0.1, 0.15) is 6.07 Å². The molecule has 0 radical (unpaired) electrons. The van der Waals surface area contributed by atoms with Crippen LogP contribution in [-0.4, -0.2) is 21.4 Å². The SMILES string of the molecule is CSc1nnc(C#N)c(Cl)n1. The largest absolute Gasteiger partial charge is 0.210 e. The molecular weight excluding hydrogens is 184 g/mol. The topological polar surface area (TPSA) is 62.5 Å². The lowest BCUT2D eigenvalue weighted by molar-refractivity contribution is 0.830. The summed E-state index contributed by atoms with van der Waals surface area (Å²) in [6.45, 7) is 0. The summed E-state index contributed by atoms with van der Waals surface area (Å²) in [5, 5.41) is 16.1. The van der Waals surface area contributed by atoms with Crippen molar-refractivity contribution in [3.63, 3.8) is 0 Å². The van der Waals surface area contributed by atoms with Gasteiger partial charge in [0.25, 0.3) is 0 Å². The Hall–Kier alpha value is -0.860. The molecule has 0 aliphatic heterocycles.